The Morgan fingerprint density at radius 2 is 2.15 bits per heavy atom. The van der Waals surface area contributed by atoms with E-state index < -0.39 is 0 Å². The van der Waals surface area contributed by atoms with E-state index in [4.69, 9.17) is 0 Å². The van der Waals surface area contributed by atoms with Crippen LogP contribution in [0.4, 0.5) is 0 Å². The fourth-order valence-corrected chi connectivity index (χ4v) is 2.65. The number of nitrogens with one attached hydrogen (secondary N) is 1. The molecule has 1 saturated carbocycles. The van der Waals surface area contributed by atoms with E-state index in [1.54, 1.807) is 0 Å². The van der Waals surface area contributed by atoms with Crippen molar-refractivity contribution in [2.24, 2.45) is 11.3 Å². The summed E-state index contributed by atoms with van der Waals surface area (Å²) in [6.07, 6.45) is 2.87. The highest BCUT2D eigenvalue weighted by Gasteiger charge is 2.49. The second kappa shape index (κ2) is 2.82. The van der Waals surface area contributed by atoms with Gasteiger partial charge < -0.3 is 5.32 Å². The standard InChI is InChI=1S/C10H15NO2/c1-7-6-8(12)2-3-10(7)4-5-11-9(10)13/h7H,2-6H2,1H3,(H,11,13)/t7-,10-/m1/s1. The maximum absolute atomic E-state index is 11.6. The molecule has 72 valence electrons. The molecule has 3 heteroatoms. The maximum Gasteiger partial charge on any atom is 0.226 e. The molecule has 1 spiro atoms. The van der Waals surface area contributed by atoms with Gasteiger partial charge >= 0.3 is 0 Å². The number of hydrogen-bond acceptors (Lipinski definition) is 2. The van der Waals surface area contributed by atoms with Crippen LogP contribution in [0.15, 0.2) is 0 Å². The van der Waals surface area contributed by atoms with Crippen LogP contribution in [-0.2, 0) is 9.59 Å². The number of carbonyl (C=O) groups excluding carboxylic acids is 2. The van der Waals surface area contributed by atoms with Gasteiger partial charge in [0.2, 0.25) is 5.91 Å². The molecule has 2 fully saturated rings. The van der Waals surface area contributed by atoms with Gasteiger partial charge in [-0.2, -0.15) is 0 Å². The Morgan fingerprint density at radius 1 is 1.38 bits per heavy atom. The summed E-state index contributed by atoms with van der Waals surface area (Å²) in [5.41, 5.74) is -0.200. The molecule has 2 rings (SSSR count). The fraction of sp³-hybridized carbons (Fsp3) is 0.800. The van der Waals surface area contributed by atoms with E-state index in [-0.39, 0.29) is 17.2 Å². The van der Waals surface area contributed by atoms with Crippen molar-refractivity contribution in [1.29, 1.82) is 0 Å². The maximum atomic E-state index is 11.6. The molecule has 0 aromatic carbocycles. The minimum absolute atomic E-state index is 0.174. The third kappa shape index (κ3) is 1.18. The topological polar surface area (TPSA) is 46.2 Å². The highest BCUT2D eigenvalue weighted by atomic mass is 16.2. The van der Waals surface area contributed by atoms with Crippen LogP contribution in [0, 0.1) is 11.3 Å². The summed E-state index contributed by atoms with van der Waals surface area (Å²) in [4.78, 5) is 22.8. The quantitative estimate of drug-likeness (QED) is 0.603. The molecule has 2 atom stereocenters. The second-order valence-corrected chi connectivity index (χ2v) is 4.31. The number of carbonyl (C=O) groups is 2. The summed E-state index contributed by atoms with van der Waals surface area (Å²) in [6.45, 7) is 2.82. The van der Waals surface area contributed by atoms with Crippen molar-refractivity contribution in [3.05, 3.63) is 0 Å². The molecule has 1 amide bonds. The number of Topliss-reactive ketones (excluding diaryl/α,β-unsaturated/α-hetero) is 1. The van der Waals surface area contributed by atoms with Gasteiger partial charge in [0.25, 0.3) is 0 Å². The lowest BCUT2D eigenvalue weighted by molar-refractivity contribution is -0.136. The Labute approximate surface area is 77.9 Å². The van der Waals surface area contributed by atoms with Crippen molar-refractivity contribution in [3.8, 4) is 0 Å². The SMILES string of the molecule is C[C@@H]1CC(=O)CC[C@@]12CCNC2=O. The molecule has 0 radical (unpaired) electrons. The molecular weight excluding hydrogens is 166 g/mol. The smallest absolute Gasteiger partial charge is 0.226 e. The Kier molecular flexibility index (Phi) is 1.90. The lowest BCUT2D eigenvalue weighted by Crippen LogP contribution is -2.41. The highest BCUT2D eigenvalue weighted by Crippen LogP contribution is 2.44. The molecule has 0 bridgehead atoms. The van der Waals surface area contributed by atoms with Crippen LogP contribution in [0.3, 0.4) is 0 Å². The van der Waals surface area contributed by atoms with Crippen LogP contribution in [0.25, 0.3) is 0 Å². The van der Waals surface area contributed by atoms with Crippen molar-refractivity contribution in [1.82, 2.24) is 5.32 Å². The first-order chi connectivity index (χ1) is 6.15. The van der Waals surface area contributed by atoms with Gasteiger partial charge in [-0.1, -0.05) is 6.92 Å². The minimum atomic E-state index is -0.200. The van der Waals surface area contributed by atoms with Crippen molar-refractivity contribution in [2.75, 3.05) is 6.54 Å². The molecule has 13 heavy (non-hydrogen) atoms. The van der Waals surface area contributed by atoms with Crippen LogP contribution in [0.1, 0.15) is 32.6 Å². The van der Waals surface area contributed by atoms with E-state index in [9.17, 15) is 9.59 Å². The first-order valence-corrected chi connectivity index (χ1v) is 4.95. The fourth-order valence-electron chi connectivity index (χ4n) is 2.65. The third-order valence-corrected chi connectivity index (χ3v) is 3.64. The van der Waals surface area contributed by atoms with Crippen LogP contribution in [0.5, 0.6) is 0 Å². The van der Waals surface area contributed by atoms with Crippen LogP contribution in [-0.4, -0.2) is 18.2 Å². The van der Waals surface area contributed by atoms with Crippen LogP contribution >= 0.6 is 0 Å². The number of rotatable bonds is 0. The largest absolute Gasteiger partial charge is 0.356 e. The summed E-state index contributed by atoms with van der Waals surface area (Å²) < 4.78 is 0. The zero-order valence-electron chi connectivity index (χ0n) is 7.93. The summed E-state index contributed by atoms with van der Waals surface area (Å²) >= 11 is 0. The summed E-state index contributed by atoms with van der Waals surface area (Å²) in [6, 6.07) is 0. The van der Waals surface area contributed by atoms with Gasteiger partial charge in [-0.05, 0) is 18.8 Å². The predicted octanol–water partition coefficient (Wildman–Crippen LogP) is 0.882. The van der Waals surface area contributed by atoms with E-state index in [1.165, 1.54) is 0 Å². The third-order valence-electron chi connectivity index (χ3n) is 3.64. The number of amides is 1. The van der Waals surface area contributed by atoms with Gasteiger partial charge in [0.15, 0.2) is 0 Å². The highest BCUT2D eigenvalue weighted by molar-refractivity contribution is 5.89. The Hall–Kier alpha value is -0.860. The van der Waals surface area contributed by atoms with Crippen LogP contribution < -0.4 is 5.32 Å². The lowest BCUT2D eigenvalue weighted by atomic mass is 9.66. The molecule has 1 heterocycles. The molecule has 1 aliphatic heterocycles. The Morgan fingerprint density at radius 3 is 2.69 bits per heavy atom. The number of hydrogen-bond donors (Lipinski definition) is 1. The van der Waals surface area contributed by atoms with Gasteiger partial charge in [-0.15, -0.1) is 0 Å². The van der Waals surface area contributed by atoms with Crippen molar-refractivity contribution in [3.63, 3.8) is 0 Å². The molecule has 2 aliphatic rings. The monoisotopic (exact) mass is 181 g/mol. The Bertz CT molecular complexity index is 262. The molecule has 0 aromatic heterocycles. The molecule has 1 aliphatic carbocycles. The normalized spacial score (nSPS) is 39.6. The van der Waals surface area contributed by atoms with Gasteiger partial charge in [0.05, 0.1) is 5.41 Å². The van der Waals surface area contributed by atoms with Gasteiger partial charge in [-0.3, -0.25) is 9.59 Å². The van der Waals surface area contributed by atoms with Crippen molar-refractivity contribution >= 4 is 11.7 Å². The zero-order chi connectivity index (χ0) is 9.47. The minimum Gasteiger partial charge on any atom is -0.356 e. The van der Waals surface area contributed by atoms with E-state index in [0.29, 0.717) is 18.6 Å². The first kappa shape index (κ1) is 8.73. The molecule has 0 aromatic rings. The van der Waals surface area contributed by atoms with Crippen molar-refractivity contribution in [2.45, 2.75) is 32.6 Å². The lowest BCUT2D eigenvalue weighted by Gasteiger charge is -2.36. The predicted molar refractivity (Wildman–Crippen MR) is 48.1 cm³/mol. The van der Waals surface area contributed by atoms with E-state index >= 15 is 0 Å². The molecular formula is C10H15NO2. The first-order valence-electron chi connectivity index (χ1n) is 4.95. The summed E-state index contributed by atoms with van der Waals surface area (Å²) in [7, 11) is 0. The average molecular weight is 181 g/mol. The average Bonchev–Trinajstić information content (AvgIpc) is 2.43. The molecule has 1 saturated heterocycles. The van der Waals surface area contributed by atoms with E-state index in [1.807, 2.05) is 6.92 Å². The van der Waals surface area contributed by atoms with Gasteiger partial charge in [0.1, 0.15) is 5.78 Å². The number of ketones is 1. The van der Waals surface area contributed by atoms with Crippen LogP contribution in [0.2, 0.25) is 0 Å². The van der Waals surface area contributed by atoms with E-state index in [2.05, 4.69) is 5.32 Å². The van der Waals surface area contributed by atoms with E-state index in [0.717, 1.165) is 19.4 Å². The summed E-state index contributed by atoms with van der Waals surface area (Å²) in [5, 5.41) is 2.88. The summed E-state index contributed by atoms with van der Waals surface area (Å²) in [5.74, 6) is 0.724. The molecule has 3 nitrogen and oxygen atoms in total. The van der Waals surface area contributed by atoms with Gasteiger partial charge in [-0.25, -0.2) is 0 Å². The van der Waals surface area contributed by atoms with Crippen molar-refractivity contribution < 1.29 is 9.59 Å². The second-order valence-electron chi connectivity index (χ2n) is 4.31. The van der Waals surface area contributed by atoms with Gasteiger partial charge in [0, 0.05) is 19.4 Å². The molecule has 1 N–H and O–H groups in total. The Balaban J connectivity index is 2.22. The molecule has 0 unspecified atom stereocenters. The zero-order valence-corrected chi connectivity index (χ0v) is 7.93.